The summed E-state index contributed by atoms with van der Waals surface area (Å²) in [6.07, 6.45) is 4.37. The van der Waals surface area contributed by atoms with Crippen molar-refractivity contribution in [3.63, 3.8) is 0 Å². The van der Waals surface area contributed by atoms with Crippen LogP contribution in [0.4, 0.5) is 0 Å². The molecule has 0 aromatic carbocycles. The molecule has 0 saturated carbocycles. The zero-order valence-electron chi connectivity index (χ0n) is 13.1. The number of piperazine rings is 1. The highest BCUT2D eigenvalue weighted by Crippen LogP contribution is 2.39. The van der Waals surface area contributed by atoms with E-state index < -0.39 is 0 Å². The molecule has 110 valence electrons. The Kier molecular flexibility index (Phi) is 3.65. The molecular formula is C16H30N2O. The summed E-state index contributed by atoms with van der Waals surface area (Å²) in [5.74, 6) is 0.728. The Bertz CT molecular complexity index is 333. The first-order valence-electron chi connectivity index (χ1n) is 8.15. The molecule has 3 aliphatic heterocycles. The molecule has 0 bridgehead atoms. The lowest BCUT2D eigenvalue weighted by Crippen LogP contribution is -2.66. The summed E-state index contributed by atoms with van der Waals surface area (Å²) in [5.41, 5.74) is 0.254. The van der Waals surface area contributed by atoms with E-state index in [9.17, 15) is 0 Å². The first-order chi connectivity index (χ1) is 9.02. The molecule has 3 heteroatoms. The van der Waals surface area contributed by atoms with Gasteiger partial charge in [0.2, 0.25) is 0 Å². The van der Waals surface area contributed by atoms with Crippen molar-refractivity contribution in [3.8, 4) is 0 Å². The molecule has 0 spiro atoms. The van der Waals surface area contributed by atoms with Gasteiger partial charge in [0.15, 0.2) is 0 Å². The van der Waals surface area contributed by atoms with E-state index in [1.165, 1.54) is 38.9 Å². The van der Waals surface area contributed by atoms with Gasteiger partial charge in [0, 0.05) is 37.3 Å². The molecular weight excluding hydrogens is 236 g/mol. The Hall–Kier alpha value is -0.120. The van der Waals surface area contributed by atoms with Gasteiger partial charge in [-0.2, -0.15) is 0 Å². The third kappa shape index (κ3) is 2.24. The minimum Gasteiger partial charge on any atom is -0.377 e. The van der Waals surface area contributed by atoms with Crippen molar-refractivity contribution in [1.29, 1.82) is 0 Å². The van der Waals surface area contributed by atoms with Gasteiger partial charge in [0.25, 0.3) is 0 Å². The van der Waals surface area contributed by atoms with Crippen molar-refractivity contribution in [2.24, 2.45) is 5.92 Å². The fourth-order valence-electron chi connectivity index (χ4n) is 4.40. The highest BCUT2D eigenvalue weighted by molar-refractivity contribution is 5.04. The van der Waals surface area contributed by atoms with E-state index in [4.69, 9.17) is 4.74 Å². The molecule has 19 heavy (non-hydrogen) atoms. The van der Waals surface area contributed by atoms with Gasteiger partial charge >= 0.3 is 0 Å². The second-order valence-electron chi connectivity index (χ2n) is 7.37. The van der Waals surface area contributed by atoms with Gasteiger partial charge in [0.1, 0.15) is 0 Å². The van der Waals surface area contributed by atoms with Gasteiger partial charge in [-0.25, -0.2) is 0 Å². The van der Waals surface area contributed by atoms with Gasteiger partial charge < -0.3 is 4.74 Å². The summed E-state index contributed by atoms with van der Waals surface area (Å²) in [7, 11) is 0. The van der Waals surface area contributed by atoms with E-state index in [0.717, 1.165) is 18.6 Å². The third-order valence-corrected chi connectivity index (χ3v) is 6.01. The van der Waals surface area contributed by atoms with E-state index in [2.05, 4.69) is 37.5 Å². The zero-order chi connectivity index (χ0) is 13.6. The van der Waals surface area contributed by atoms with E-state index in [-0.39, 0.29) is 5.54 Å². The minimum absolute atomic E-state index is 0.254. The number of hydrogen-bond donors (Lipinski definition) is 0. The van der Waals surface area contributed by atoms with E-state index in [1.54, 1.807) is 0 Å². The Morgan fingerprint density at radius 1 is 1.26 bits per heavy atom. The molecule has 4 unspecified atom stereocenters. The second-order valence-corrected chi connectivity index (χ2v) is 7.37. The van der Waals surface area contributed by atoms with Crippen LogP contribution in [0.25, 0.3) is 0 Å². The minimum atomic E-state index is 0.254. The molecule has 3 heterocycles. The van der Waals surface area contributed by atoms with Crippen LogP contribution in [0, 0.1) is 5.92 Å². The maximum atomic E-state index is 5.91. The fourth-order valence-corrected chi connectivity index (χ4v) is 4.40. The summed E-state index contributed by atoms with van der Waals surface area (Å²) in [6.45, 7) is 14.3. The topological polar surface area (TPSA) is 15.7 Å². The number of fused-ring (bicyclic) bond motifs is 1. The normalized spacial score (nSPS) is 45.0. The van der Waals surface area contributed by atoms with Crippen molar-refractivity contribution in [1.82, 2.24) is 9.80 Å². The molecule has 0 N–H and O–H groups in total. The van der Waals surface area contributed by atoms with Crippen molar-refractivity contribution >= 4 is 0 Å². The van der Waals surface area contributed by atoms with Gasteiger partial charge in [-0.1, -0.05) is 13.8 Å². The summed E-state index contributed by atoms with van der Waals surface area (Å²) in [4.78, 5) is 5.56. The largest absolute Gasteiger partial charge is 0.377 e. The standard InChI is InChI=1S/C16H30N2O/c1-12(2)15-11-17-8-5-6-14(17)10-18(15)16(4)7-9-19-13(16)3/h12-15H,5-11H2,1-4H3. The van der Waals surface area contributed by atoms with Crippen molar-refractivity contribution in [2.45, 2.75) is 70.7 Å². The van der Waals surface area contributed by atoms with Crippen LogP contribution in [-0.4, -0.2) is 59.8 Å². The molecule has 0 aliphatic carbocycles. The van der Waals surface area contributed by atoms with Crippen LogP contribution < -0.4 is 0 Å². The summed E-state index contributed by atoms with van der Waals surface area (Å²) in [6, 6.07) is 1.50. The smallest absolute Gasteiger partial charge is 0.0728 e. The molecule has 0 aromatic rings. The molecule has 0 aromatic heterocycles. The van der Waals surface area contributed by atoms with E-state index in [0.29, 0.717) is 12.1 Å². The number of rotatable bonds is 2. The Balaban J connectivity index is 1.84. The summed E-state index contributed by atoms with van der Waals surface area (Å²) in [5, 5.41) is 0. The highest BCUT2D eigenvalue weighted by atomic mass is 16.5. The number of hydrogen-bond acceptors (Lipinski definition) is 3. The van der Waals surface area contributed by atoms with Crippen LogP contribution in [0.1, 0.15) is 47.0 Å². The summed E-state index contributed by atoms with van der Waals surface area (Å²) < 4.78 is 5.91. The average molecular weight is 266 g/mol. The molecule has 3 nitrogen and oxygen atoms in total. The monoisotopic (exact) mass is 266 g/mol. The summed E-state index contributed by atoms with van der Waals surface area (Å²) >= 11 is 0. The van der Waals surface area contributed by atoms with Crippen LogP contribution in [0.2, 0.25) is 0 Å². The number of ether oxygens (including phenoxy) is 1. The second kappa shape index (κ2) is 5.01. The number of nitrogens with zero attached hydrogens (tertiary/aromatic N) is 2. The Morgan fingerprint density at radius 2 is 2.05 bits per heavy atom. The maximum absolute atomic E-state index is 5.91. The van der Waals surface area contributed by atoms with Crippen LogP contribution >= 0.6 is 0 Å². The van der Waals surface area contributed by atoms with E-state index in [1.807, 2.05) is 0 Å². The first-order valence-corrected chi connectivity index (χ1v) is 8.15. The predicted molar refractivity (Wildman–Crippen MR) is 78.4 cm³/mol. The van der Waals surface area contributed by atoms with Gasteiger partial charge in [-0.05, 0) is 45.6 Å². The lowest BCUT2D eigenvalue weighted by molar-refractivity contribution is -0.0649. The molecule has 3 saturated heterocycles. The van der Waals surface area contributed by atoms with Gasteiger partial charge in [-0.3, -0.25) is 9.80 Å². The van der Waals surface area contributed by atoms with Gasteiger partial charge in [0.05, 0.1) is 6.10 Å². The van der Waals surface area contributed by atoms with Crippen molar-refractivity contribution in [2.75, 3.05) is 26.2 Å². The van der Waals surface area contributed by atoms with Crippen molar-refractivity contribution < 1.29 is 4.74 Å². The molecule has 4 atom stereocenters. The Morgan fingerprint density at radius 3 is 2.68 bits per heavy atom. The zero-order valence-corrected chi connectivity index (χ0v) is 13.1. The molecule has 3 fully saturated rings. The van der Waals surface area contributed by atoms with Gasteiger partial charge in [-0.15, -0.1) is 0 Å². The lowest BCUT2D eigenvalue weighted by Gasteiger charge is -2.53. The molecule has 0 radical (unpaired) electrons. The first kappa shape index (κ1) is 13.8. The third-order valence-electron chi connectivity index (χ3n) is 6.01. The molecule has 0 amide bonds. The van der Waals surface area contributed by atoms with Crippen LogP contribution in [-0.2, 0) is 4.74 Å². The fraction of sp³-hybridized carbons (Fsp3) is 1.00. The predicted octanol–water partition coefficient (Wildman–Crippen LogP) is 2.36. The Labute approximate surface area is 118 Å². The molecule has 3 rings (SSSR count). The van der Waals surface area contributed by atoms with Crippen LogP contribution in [0.5, 0.6) is 0 Å². The van der Waals surface area contributed by atoms with Crippen molar-refractivity contribution in [3.05, 3.63) is 0 Å². The lowest BCUT2D eigenvalue weighted by atomic mass is 9.85. The SMILES string of the molecule is CC(C)C1CN2CCCC2CN1C1(C)CCOC1C. The maximum Gasteiger partial charge on any atom is 0.0728 e. The van der Waals surface area contributed by atoms with E-state index >= 15 is 0 Å². The molecule has 3 aliphatic rings. The van der Waals surface area contributed by atoms with Crippen LogP contribution in [0.15, 0.2) is 0 Å². The average Bonchev–Trinajstić information content (AvgIpc) is 2.95. The quantitative estimate of drug-likeness (QED) is 0.763. The highest BCUT2D eigenvalue weighted by Gasteiger charge is 2.49. The van der Waals surface area contributed by atoms with Crippen LogP contribution in [0.3, 0.4) is 0 Å².